The van der Waals surface area contributed by atoms with Gasteiger partial charge in [0.25, 0.3) is 5.91 Å². The molecule has 0 spiro atoms. The molecule has 104 valence electrons. The Bertz CT molecular complexity index is 588. The number of nitrogen functional groups attached to an aromatic ring is 1. The lowest BCUT2D eigenvalue weighted by atomic mass is 10.2. The molecule has 0 aliphatic rings. The van der Waals surface area contributed by atoms with Gasteiger partial charge in [-0.3, -0.25) is 4.79 Å². The highest BCUT2D eigenvalue weighted by atomic mass is 19.1. The van der Waals surface area contributed by atoms with Crippen LogP contribution in [0.25, 0.3) is 0 Å². The first kappa shape index (κ1) is 13.9. The van der Waals surface area contributed by atoms with Gasteiger partial charge in [0.05, 0.1) is 5.69 Å². The molecule has 20 heavy (non-hydrogen) atoms. The van der Waals surface area contributed by atoms with Crippen molar-refractivity contribution < 1.29 is 13.9 Å². The normalized spacial score (nSPS) is 10.1. The molecule has 0 heterocycles. The second-order valence-electron chi connectivity index (χ2n) is 4.23. The van der Waals surface area contributed by atoms with Crippen molar-refractivity contribution in [3.63, 3.8) is 0 Å². The van der Waals surface area contributed by atoms with Gasteiger partial charge in [-0.15, -0.1) is 0 Å². The molecule has 5 heteroatoms. The summed E-state index contributed by atoms with van der Waals surface area (Å²) in [5.41, 5.74) is 6.75. The van der Waals surface area contributed by atoms with Crippen LogP contribution in [0.15, 0.2) is 48.5 Å². The number of halogens is 1. The monoisotopic (exact) mass is 274 g/mol. The van der Waals surface area contributed by atoms with Crippen LogP contribution in [0.1, 0.15) is 5.56 Å². The number of anilines is 1. The lowest BCUT2D eigenvalue weighted by molar-refractivity contribution is -0.123. The van der Waals surface area contributed by atoms with E-state index in [0.29, 0.717) is 12.3 Å². The summed E-state index contributed by atoms with van der Waals surface area (Å²) in [4.78, 5) is 11.6. The van der Waals surface area contributed by atoms with Gasteiger partial charge in [0, 0.05) is 12.6 Å². The molecule has 0 radical (unpaired) electrons. The number of hydrogen-bond donors (Lipinski definition) is 2. The molecule has 0 aliphatic heterocycles. The fourth-order valence-corrected chi connectivity index (χ4v) is 1.64. The van der Waals surface area contributed by atoms with E-state index in [2.05, 4.69) is 5.32 Å². The predicted octanol–water partition coefficient (Wildman–Crippen LogP) is 2.10. The predicted molar refractivity (Wildman–Crippen MR) is 74.6 cm³/mol. The molecule has 0 fully saturated rings. The molecule has 2 aromatic carbocycles. The van der Waals surface area contributed by atoms with E-state index in [0.717, 1.165) is 11.6 Å². The van der Waals surface area contributed by atoms with Crippen LogP contribution in [-0.4, -0.2) is 12.5 Å². The van der Waals surface area contributed by atoms with Crippen molar-refractivity contribution in [2.45, 2.75) is 6.54 Å². The Morgan fingerprint density at radius 2 is 1.95 bits per heavy atom. The lowest BCUT2D eigenvalue weighted by Gasteiger charge is -2.09. The zero-order chi connectivity index (χ0) is 14.4. The molecule has 0 aliphatic carbocycles. The third-order valence-electron chi connectivity index (χ3n) is 2.66. The first-order valence-electron chi connectivity index (χ1n) is 6.13. The second-order valence-corrected chi connectivity index (χ2v) is 4.23. The van der Waals surface area contributed by atoms with E-state index in [9.17, 15) is 9.18 Å². The molecule has 1 amide bonds. The van der Waals surface area contributed by atoms with Crippen molar-refractivity contribution in [3.8, 4) is 5.75 Å². The first-order chi connectivity index (χ1) is 9.65. The Hall–Kier alpha value is -2.56. The molecular weight excluding hydrogens is 259 g/mol. The highest BCUT2D eigenvalue weighted by Gasteiger charge is 2.06. The van der Waals surface area contributed by atoms with Crippen LogP contribution in [0.2, 0.25) is 0 Å². The van der Waals surface area contributed by atoms with Crippen LogP contribution in [0.4, 0.5) is 10.1 Å². The van der Waals surface area contributed by atoms with Crippen molar-refractivity contribution in [2.75, 3.05) is 12.3 Å². The van der Waals surface area contributed by atoms with Crippen molar-refractivity contribution in [1.29, 1.82) is 0 Å². The first-order valence-corrected chi connectivity index (χ1v) is 6.13. The third kappa shape index (κ3) is 3.98. The molecule has 0 saturated carbocycles. The molecule has 2 rings (SSSR count). The number of carbonyl (C=O) groups excluding carboxylic acids is 1. The minimum absolute atomic E-state index is 0.164. The molecule has 0 unspecified atom stereocenters. The minimum Gasteiger partial charge on any atom is -0.482 e. The summed E-state index contributed by atoms with van der Waals surface area (Å²) < 4.78 is 18.1. The van der Waals surface area contributed by atoms with E-state index in [1.54, 1.807) is 0 Å². The molecule has 4 nitrogen and oxygen atoms in total. The number of nitrogens with one attached hydrogen (secondary N) is 1. The largest absolute Gasteiger partial charge is 0.482 e. The molecule has 3 N–H and O–H groups in total. The SMILES string of the molecule is Nc1cc(F)ccc1OCC(=O)NCc1ccccc1. The number of carbonyl (C=O) groups is 1. The number of nitrogens with two attached hydrogens (primary N) is 1. The zero-order valence-electron chi connectivity index (χ0n) is 10.8. The van der Waals surface area contributed by atoms with Crippen LogP contribution in [0, 0.1) is 5.82 Å². The summed E-state index contributed by atoms with van der Waals surface area (Å²) in [6, 6.07) is 13.3. The molecule has 0 bridgehead atoms. The van der Waals surface area contributed by atoms with Crippen LogP contribution in [0.5, 0.6) is 5.75 Å². The number of ether oxygens (including phenoxy) is 1. The molecule has 0 atom stereocenters. The van der Waals surface area contributed by atoms with E-state index in [1.807, 2.05) is 30.3 Å². The number of rotatable bonds is 5. The maximum Gasteiger partial charge on any atom is 0.258 e. The summed E-state index contributed by atoms with van der Waals surface area (Å²) in [6.45, 7) is 0.268. The average Bonchev–Trinajstić information content (AvgIpc) is 2.45. The van der Waals surface area contributed by atoms with Gasteiger partial charge >= 0.3 is 0 Å². The van der Waals surface area contributed by atoms with E-state index < -0.39 is 5.82 Å². The average molecular weight is 274 g/mol. The Kier molecular flexibility index (Phi) is 4.55. The molecule has 2 aromatic rings. The third-order valence-corrected chi connectivity index (χ3v) is 2.66. The standard InChI is InChI=1S/C15H15FN2O2/c16-12-6-7-14(13(17)8-12)20-10-15(19)18-9-11-4-2-1-3-5-11/h1-8H,9-10,17H2,(H,18,19). The number of benzene rings is 2. The fraction of sp³-hybridized carbons (Fsp3) is 0.133. The van der Waals surface area contributed by atoms with Crippen molar-refractivity contribution in [3.05, 3.63) is 59.9 Å². The van der Waals surface area contributed by atoms with E-state index in [4.69, 9.17) is 10.5 Å². The van der Waals surface area contributed by atoms with Crippen molar-refractivity contribution in [2.24, 2.45) is 0 Å². The summed E-state index contributed by atoms with van der Waals surface area (Å²) in [5.74, 6) is -0.415. The Morgan fingerprint density at radius 3 is 2.65 bits per heavy atom. The van der Waals surface area contributed by atoms with Crippen molar-refractivity contribution >= 4 is 11.6 Å². The Balaban J connectivity index is 1.80. The number of amides is 1. The van der Waals surface area contributed by atoms with E-state index in [-0.39, 0.29) is 18.2 Å². The van der Waals surface area contributed by atoms with Gasteiger partial charge in [0.1, 0.15) is 11.6 Å². The lowest BCUT2D eigenvalue weighted by Crippen LogP contribution is -2.28. The van der Waals surface area contributed by atoms with Gasteiger partial charge in [-0.25, -0.2) is 4.39 Å². The minimum atomic E-state index is -0.441. The maximum atomic E-state index is 12.8. The Morgan fingerprint density at radius 1 is 1.20 bits per heavy atom. The second kappa shape index (κ2) is 6.56. The van der Waals surface area contributed by atoms with Gasteiger partial charge < -0.3 is 15.8 Å². The summed E-state index contributed by atoms with van der Waals surface area (Å²) >= 11 is 0. The highest BCUT2D eigenvalue weighted by Crippen LogP contribution is 2.21. The fourth-order valence-electron chi connectivity index (χ4n) is 1.64. The van der Waals surface area contributed by atoms with Crippen LogP contribution in [-0.2, 0) is 11.3 Å². The summed E-state index contributed by atoms with van der Waals surface area (Å²) in [5, 5.41) is 2.72. The van der Waals surface area contributed by atoms with Gasteiger partial charge in [-0.05, 0) is 17.7 Å². The van der Waals surface area contributed by atoms with E-state index >= 15 is 0 Å². The van der Waals surface area contributed by atoms with E-state index in [1.165, 1.54) is 12.1 Å². The Labute approximate surface area is 116 Å². The molecular formula is C15H15FN2O2. The summed E-state index contributed by atoms with van der Waals surface area (Å²) in [7, 11) is 0. The van der Waals surface area contributed by atoms with Crippen molar-refractivity contribution in [1.82, 2.24) is 5.32 Å². The topological polar surface area (TPSA) is 64.3 Å². The van der Waals surface area contributed by atoms with Crippen LogP contribution < -0.4 is 15.8 Å². The zero-order valence-corrected chi connectivity index (χ0v) is 10.8. The number of hydrogen-bond acceptors (Lipinski definition) is 3. The smallest absolute Gasteiger partial charge is 0.258 e. The molecule has 0 saturated heterocycles. The highest BCUT2D eigenvalue weighted by molar-refractivity contribution is 5.77. The van der Waals surface area contributed by atoms with Crippen LogP contribution >= 0.6 is 0 Å². The van der Waals surface area contributed by atoms with Gasteiger partial charge in [-0.2, -0.15) is 0 Å². The van der Waals surface area contributed by atoms with Gasteiger partial charge in [-0.1, -0.05) is 30.3 Å². The quantitative estimate of drug-likeness (QED) is 0.821. The van der Waals surface area contributed by atoms with Gasteiger partial charge in [0.15, 0.2) is 6.61 Å². The van der Waals surface area contributed by atoms with Crippen LogP contribution in [0.3, 0.4) is 0 Å². The van der Waals surface area contributed by atoms with Gasteiger partial charge in [0.2, 0.25) is 0 Å². The summed E-state index contributed by atoms with van der Waals surface area (Å²) in [6.07, 6.45) is 0. The molecule has 0 aromatic heterocycles. The maximum absolute atomic E-state index is 12.8.